The first-order valence-electron chi connectivity index (χ1n) is 10.0. The highest BCUT2D eigenvalue weighted by Crippen LogP contribution is 2.25. The first kappa shape index (κ1) is 21.2. The molecule has 1 atom stereocenters. The number of carbonyl (C=O) groups excluding carboxylic acids is 1. The number of pyridine rings is 1. The van der Waals surface area contributed by atoms with Crippen molar-refractivity contribution < 1.29 is 9.18 Å². The summed E-state index contributed by atoms with van der Waals surface area (Å²) in [6, 6.07) is 7.73. The molecule has 0 aliphatic rings. The van der Waals surface area contributed by atoms with Gasteiger partial charge in [-0.15, -0.1) is 5.10 Å². The van der Waals surface area contributed by atoms with Gasteiger partial charge in [-0.25, -0.2) is 4.39 Å². The van der Waals surface area contributed by atoms with Crippen LogP contribution in [0.25, 0.3) is 16.9 Å². The maximum absolute atomic E-state index is 13.4. The Morgan fingerprint density at radius 3 is 2.59 bits per heavy atom. The first-order chi connectivity index (χ1) is 15.4. The highest BCUT2D eigenvalue weighted by molar-refractivity contribution is 5.96. The smallest absolute Gasteiger partial charge is 0.251 e. The second-order valence-corrected chi connectivity index (χ2v) is 7.56. The SMILES string of the molecule is CC(C)c1nnnn1-c1cc(C(=O)NC(C)c2cnccn2)cc(-c2ccc(F)cn2)c1. The predicted octanol–water partition coefficient (Wildman–Crippen LogP) is 3.27. The largest absolute Gasteiger partial charge is 0.344 e. The number of nitrogens with one attached hydrogen (secondary N) is 1. The van der Waals surface area contributed by atoms with Gasteiger partial charge < -0.3 is 5.32 Å². The molecule has 0 fully saturated rings. The van der Waals surface area contributed by atoms with Gasteiger partial charge in [-0.1, -0.05) is 13.8 Å². The van der Waals surface area contributed by atoms with Gasteiger partial charge in [0.2, 0.25) is 0 Å². The van der Waals surface area contributed by atoms with Gasteiger partial charge in [0.15, 0.2) is 5.82 Å². The quantitative estimate of drug-likeness (QED) is 0.498. The van der Waals surface area contributed by atoms with Crippen molar-refractivity contribution in [2.45, 2.75) is 32.7 Å². The van der Waals surface area contributed by atoms with Crippen LogP contribution in [0.2, 0.25) is 0 Å². The normalized spacial score (nSPS) is 12.0. The average Bonchev–Trinajstić information content (AvgIpc) is 3.30. The molecule has 1 aromatic carbocycles. The molecule has 1 amide bonds. The van der Waals surface area contributed by atoms with Crippen LogP contribution in [0.3, 0.4) is 0 Å². The second-order valence-electron chi connectivity index (χ2n) is 7.56. The zero-order valence-corrected chi connectivity index (χ0v) is 17.8. The van der Waals surface area contributed by atoms with Crippen molar-refractivity contribution in [2.24, 2.45) is 0 Å². The fourth-order valence-electron chi connectivity index (χ4n) is 3.19. The Hall–Kier alpha value is -4.08. The molecule has 3 aromatic heterocycles. The van der Waals surface area contributed by atoms with Crippen molar-refractivity contribution in [3.8, 4) is 16.9 Å². The summed E-state index contributed by atoms with van der Waals surface area (Å²) in [5.74, 6) is -0.0455. The summed E-state index contributed by atoms with van der Waals surface area (Å²) in [5, 5.41) is 14.9. The zero-order chi connectivity index (χ0) is 22.7. The van der Waals surface area contributed by atoms with Crippen molar-refractivity contribution in [2.75, 3.05) is 0 Å². The lowest BCUT2D eigenvalue weighted by Crippen LogP contribution is -2.27. The van der Waals surface area contributed by atoms with Crippen LogP contribution in [0.5, 0.6) is 0 Å². The number of benzene rings is 1. The molecular weight excluding hydrogens is 411 g/mol. The van der Waals surface area contributed by atoms with E-state index in [0.717, 1.165) is 6.20 Å². The van der Waals surface area contributed by atoms with Crippen molar-refractivity contribution >= 4 is 5.91 Å². The van der Waals surface area contributed by atoms with E-state index in [2.05, 4.69) is 35.8 Å². The lowest BCUT2D eigenvalue weighted by Gasteiger charge is -2.15. The maximum atomic E-state index is 13.4. The molecule has 0 aliphatic carbocycles. The molecule has 3 heterocycles. The molecular formula is C22H21FN8O. The Bertz CT molecular complexity index is 1220. The summed E-state index contributed by atoms with van der Waals surface area (Å²) < 4.78 is 15.0. The summed E-state index contributed by atoms with van der Waals surface area (Å²) in [7, 11) is 0. The number of hydrogen-bond acceptors (Lipinski definition) is 7. The number of hydrogen-bond donors (Lipinski definition) is 1. The van der Waals surface area contributed by atoms with Gasteiger partial charge in [0.1, 0.15) is 5.82 Å². The summed E-state index contributed by atoms with van der Waals surface area (Å²) in [5.41, 5.74) is 2.76. The summed E-state index contributed by atoms with van der Waals surface area (Å²) in [6.07, 6.45) is 5.88. The molecule has 4 aromatic rings. The van der Waals surface area contributed by atoms with Gasteiger partial charge in [0.25, 0.3) is 5.91 Å². The Labute approximate surface area is 183 Å². The molecule has 10 heteroatoms. The van der Waals surface area contributed by atoms with E-state index in [0.29, 0.717) is 34.0 Å². The molecule has 1 unspecified atom stereocenters. The predicted molar refractivity (Wildman–Crippen MR) is 114 cm³/mol. The Morgan fingerprint density at radius 1 is 1.06 bits per heavy atom. The number of aromatic nitrogens is 7. The van der Waals surface area contributed by atoms with Gasteiger partial charge in [0.05, 0.1) is 35.5 Å². The van der Waals surface area contributed by atoms with E-state index in [1.807, 2.05) is 26.8 Å². The summed E-state index contributed by atoms with van der Waals surface area (Å²) in [6.45, 7) is 5.78. The lowest BCUT2D eigenvalue weighted by molar-refractivity contribution is 0.0939. The molecule has 0 aliphatic heterocycles. The standard InChI is InChI=1S/C22H21FN8O/c1-13(2)21-28-29-30-31(21)18-9-15(19-5-4-17(23)11-26-19)8-16(10-18)22(32)27-14(3)20-12-24-6-7-25-20/h4-14H,1-3H3,(H,27,32). The minimum Gasteiger partial charge on any atom is -0.344 e. The third kappa shape index (κ3) is 4.48. The van der Waals surface area contributed by atoms with E-state index in [1.165, 1.54) is 6.07 Å². The zero-order valence-electron chi connectivity index (χ0n) is 17.8. The van der Waals surface area contributed by atoms with E-state index in [9.17, 15) is 9.18 Å². The van der Waals surface area contributed by atoms with Crippen LogP contribution < -0.4 is 5.32 Å². The number of amides is 1. The fourth-order valence-corrected chi connectivity index (χ4v) is 3.19. The van der Waals surface area contributed by atoms with Crippen LogP contribution in [-0.2, 0) is 0 Å². The number of nitrogens with zero attached hydrogens (tertiary/aromatic N) is 7. The first-order valence-corrected chi connectivity index (χ1v) is 10.0. The number of halogens is 1. The van der Waals surface area contributed by atoms with Gasteiger partial charge in [-0.05, 0) is 47.7 Å². The Kier molecular flexibility index (Phi) is 5.93. The van der Waals surface area contributed by atoms with Gasteiger partial charge >= 0.3 is 0 Å². The summed E-state index contributed by atoms with van der Waals surface area (Å²) >= 11 is 0. The van der Waals surface area contributed by atoms with Crippen LogP contribution in [-0.4, -0.2) is 41.1 Å². The van der Waals surface area contributed by atoms with Crippen molar-refractivity contribution in [3.05, 3.63) is 78.0 Å². The monoisotopic (exact) mass is 432 g/mol. The fraction of sp³-hybridized carbons (Fsp3) is 0.227. The highest BCUT2D eigenvalue weighted by atomic mass is 19.1. The van der Waals surface area contributed by atoms with Crippen LogP contribution in [0.15, 0.2) is 55.1 Å². The molecule has 0 saturated heterocycles. The van der Waals surface area contributed by atoms with E-state index in [4.69, 9.17) is 0 Å². The molecule has 0 radical (unpaired) electrons. The molecule has 1 N–H and O–H groups in total. The number of rotatable bonds is 6. The molecule has 0 spiro atoms. The van der Waals surface area contributed by atoms with Crippen LogP contribution >= 0.6 is 0 Å². The van der Waals surface area contributed by atoms with E-state index < -0.39 is 5.82 Å². The van der Waals surface area contributed by atoms with Crippen molar-refractivity contribution in [1.29, 1.82) is 0 Å². The second kappa shape index (κ2) is 8.96. The van der Waals surface area contributed by atoms with E-state index in [-0.39, 0.29) is 17.9 Å². The Morgan fingerprint density at radius 2 is 1.91 bits per heavy atom. The topological polar surface area (TPSA) is 111 Å². The third-order valence-corrected chi connectivity index (χ3v) is 4.83. The van der Waals surface area contributed by atoms with Gasteiger partial charge in [0, 0.05) is 29.4 Å². The maximum Gasteiger partial charge on any atom is 0.251 e. The van der Waals surface area contributed by atoms with E-state index in [1.54, 1.807) is 41.5 Å². The number of carbonyl (C=O) groups is 1. The van der Waals surface area contributed by atoms with Gasteiger partial charge in [-0.2, -0.15) is 4.68 Å². The van der Waals surface area contributed by atoms with Crippen molar-refractivity contribution in [3.63, 3.8) is 0 Å². The van der Waals surface area contributed by atoms with Crippen LogP contribution in [0, 0.1) is 5.82 Å². The summed E-state index contributed by atoms with van der Waals surface area (Å²) in [4.78, 5) is 25.5. The average molecular weight is 432 g/mol. The van der Waals surface area contributed by atoms with Crippen molar-refractivity contribution in [1.82, 2.24) is 40.5 Å². The number of tetrazole rings is 1. The van der Waals surface area contributed by atoms with Crippen LogP contribution in [0.4, 0.5) is 4.39 Å². The molecule has 0 bridgehead atoms. The molecule has 32 heavy (non-hydrogen) atoms. The minimum atomic E-state index is -0.441. The third-order valence-electron chi connectivity index (χ3n) is 4.83. The minimum absolute atomic E-state index is 0.0616. The molecule has 0 saturated carbocycles. The molecule has 9 nitrogen and oxygen atoms in total. The van der Waals surface area contributed by atoms with Crippen LogP contribution in [0.1, 0.15) is 54.6 Å². The Balaban J connectivity index is 1.75. The van der Waals surface area contributed by atoms with E-state index >= 15 is 0 Å². The molecule has 162 valence electrons. The highest BCUT2D eigenvalue weighted by Gasteiger charge is 2.18. The molecule has 4 rings (SSSR count). The lowest BCUT2D eigenvalue weighted by atomic mass is 10.0. The van der Waals surface area contributed by atoms with Gasteiger partial charge in [-0.3, -0.25) is 19.7 Å².